The fourth-order valence-electron chi connectivity index (χ4n) is 1.28. The van der Waals surface area contributed by atoms with Crippen LogP contribution in [0.3, 0.4) is 0 Å². The number of carbonyl (C=O) groups excluding carboxylic acids is 1. The summed E-state index contributed by atoms with van der Waals surface area (Å²) in [7, 11) is 1.64. The van der Waals surface area contributed by atoms with Gasteiger partial charge in [-0.3, -0.25) is 4.79 Å². The molecule has 0 aliphatic heterocycles. The van der Waals surface area contributed by atoms with Gasteiger partial charge in [0.15, 0.2) is 0 Å². The van der Waals surface area contributed by atoms with Gasteiger partial charge in [-0.1, -0.05) is 0 Å². The third-order valence-corrected chi connectivity index (χ3v) is 2.42. The van der Waals surface area contributed by atoms with Crippen molar-refractivity contribution in [3.05, 3.63) is 0 Å². The van der Waals surface area contributed by atoms with Crippen molar-refractivity contribution in [2.75, 3.05) is 46.6 Å². The zero-order valence-corrected chi connectivity index (χ0v) is 9.96. The molecule has 0 unspecified atom stereocenters. The van der Waals surface area contributed by atoms with Crippen LogP contribution < -0.4 is 10.6 Å². The van der Waals surface area contributed by atoms with E-state index in [0.717, 1.165) is 12.5 Å². The highest BCUT2D eigenvalue weighted by atomic mass is 16.5. The quantitative estimate of drug-likeness (QED) is 0.509. The first-order valence-corrected chi connectivity index (χ1v) is 5.87. The normalized spacial score (nSPS) is 15.1. The molecule has 0 spiro atoms. The molecule has 0 atom stereocenters. The van der Waals surface area contributed by atoms with Crippen molar-refractivity contribution >= 4 is 5.91 Å². The van der Waals surface area contributed by atoms with Gasteiger partial charge in [0.05, 0.1) is 26.4 Å². The van der Waals surface area contributed by atoms with Crippen LogP contribution in [0, 0.1) is 5.92 Å². The van der Waals surface area contributed by atoms with Gasteiger partial charge in [-0.25, -0.2) is 0 Å². The highest BCUT2D eigenvalue weighted by Gasteiger charge is 2.20. The Bertz CT molecular complexity index is 196. The Morgan fingerprint density at radius 2 is 2.12 bits per heavy atom. The van der Waals surface area contributed by atoms with Crippen LogP contribution in [0.15, 0.2) is 0 Å². The van der Waals surface area contributed by atoms with Gasteiger partial charge >= 0.3 is 0 Å². The van der Waals surface area contributed by atoms with Gasteiger partial charge in [0, 0.05) is 13.7 Å². The first-order valence-electron chi connectivity index (χ1n) is 5.87. The van der Waals surface area contributed by atoms with Crippen LogP contribution in [0.5, 0.6) is 0 Å². The van der Waals surface area contributed by atoms with E-state index in [2.05, 4.69) is 10.6 Å². The van der Waals surface area contributed by atoms with Crippen LogP contribution in [0.25, 0.3) is 0 Å². The van der Waals surface area contributed by atoms with E-state index in [0.29, 0.717) is 32.9 Å². The molecule has 0 aromatic carbocycles. The van der Waals surface area contributed by atoms with Gasteiger partial charge in [0.2, 0.25) is 5.91 Å². The second-order valence-corrected chi connectivity index (χ2v) is 4.03. The highest BCUT2D eigenvalue weighted by Crippen LogP contribution is 2.27. The fraction of sp³-hybridized carbons (Fsp3) is 0.909. The van der Waals surface area contributed by atoms with E-state index in [1.54, 1.807) is 7.11 Å². The van der Waals surface area contributed by atoms with Gasteiger partial charge in [0.1, 0.15) is 0 Å². The molecule has 1 fully saturated rings. The third kappa shape index (κ3) is 7.62. The third-order valence-electron chi connectivity index (χ3n) is 2.42. The van der Waals surface area contributed by atoms with Gasteiger partial charge in [-0.15, -0.1) is 0 Å². The van der Waals surface area contributed by atoms with E-state index in [1.807, 2.05) is 0 Å². The number of rotatable bonds is 10. The Morgan fingerprint density at radius 1 is 1.31 bits per heavy atom. The van der Waals surface area contributed by atoms with Crippen LogP contribution in [-0.2, 0) is 14.3 Å². The molecule has 0 bridgehead atoms. The highest BCUT2D eigenvalue weighted by molar-refractivity contribution is 5.77. The van der Waals surface area contributed by atoms with Gasteiger partial charge in [0.25, 0.3) is 0 Å². The van der Waals surface area contributed by atoms with Crippen LogP contribution in [-0.4, -0.2) is 52.5 Å². The smallest absolute Gasteiger partial charge is 0.234 e. The summed E-state index contributed by atoms with van der Waals surface area (Å²) in [6.07, 6.45) is 2.61. The van der Waals surface area contributed by atoms with Crippen molar-refractivity contribution in [2.24, 2.45) is 5.92 Å². The van der Waals surface area contributed by atoms with Gasteiger partial charge in [-0.2, -0.15) is 0 Å². The second kappa shape index (κ2) is 8.50. The number of nitrogens with one attached hydrogen (secondary N) is 2. The maximum Gasteiger partial charge on any atom is 0.234 e. The van der Waals surface area contributed by atoms with Crippen molar-refractivity contribution in [3.63, 3.8) is 0 Å². The van der Waals surface area contributed by atoms with E-state index in [-0.39, 0.29) is 5.91 Å². The molecule has 0 aromatic rings. The van der Waals surface area contributed by atoms with Crippen LogP contribution in [0.4, 0.5) is 0 Å². The van der Waals surface area contributed by atoms with E-state index in [9.17, 15) is 4.79 Å². The fourth-order valence-corrected chi connectivity index (χ4v) is 1.28. The molecule has 94 valence electrons. The summed E-state index contributed by atoms with van der Waals surface area (Å²) in [5, 5.41) is 5.92. The minimum absolute atomic E-state index is 0.0380. The summed E-state index contributed by atoms with van der Waals surface area (Å²) >= 11 is 0. The lowest BCUT2D eigenvalue weighted by molar-refractivity contribution is -0.120. The number of amides is 1. The molecule has 1 saturated carbocycles. The van der Waals surface area contributed by atoms with Crippen molar-refractivity contribution in [1.82, 2.24) is 10.6 Å². The number of hydrogen-bond donors (Lipinski definition) is 2. The number of ether oxygens (including phenoxy) is 2. The largest absolute Gasteiger partial charge is 0.382 e. The van der Waals surface area contributed by atoms with Gasteiger partial charge < -0.3 is 20.1 Å². The summed E-state index contributed by atoms with van der Waals surface area (Å²) in [6.45, 7) is 3.65. The Hall–Kier alpha value is -0.650. The van der Waals surface area contributed by atoms with Crippen molar-refractivity contribution in [1.29, 1.82) is 0 Å². The van der Waals surface area contributed by atoms with Crippen molar-refractivity contribution in [2.45, 2.75) is 12.8 Å². The van der Waals surface area contributed by atoms with Gasteiger partial charge in [-0.05, 0) is 25.3 Å². The van der Waals surface area contributed by atoms with E-state index >= 15 is 0 Å². The molecule has 1 rings (SSSR count). The Balaban J connectivity index is 1.78. The Morgan fingerprint density at radius 3 is 2.81 bits per heavy atom. The van der Waals surface area contributed by atoms with E-state index < -0.39 is 0 Å². The zero-order chi connectivity index (χ0) is 11.6. The number of hydrogen-bond acceptors (Lipinski definition) is 4. The lowest BCUT2D eigenvalue weighted by Crippen LogP contribution is -2.36. The molecule has 0 heterocycles. The van der Waals surface area contributed by atoms with Crippen LogP contribution >= 0.6 is 0 Å². The molecule has 1 aliphatic rings. The molecule has 1 amide bonds. The molecule has 0 radical (unpaired) electrons. The topological polar surface area (TPSA) is 59.6 Å². The average Bonchev–Trinajstić information content (AvgIpc) is 3.07. The summed E-state index contributed by atoms with van der Waals surface area (Å²) < 4.78 is 10.0. The second-order valence-electron chi connectivity index (χ2n) is 4.03. The number of carbonyl (C=O) groups is 1. The van der Waals surface area contributed by atoms with Crippen molar-refractivity contribution in [3.8, 4) is 0 Å². The predicted octanol–water partition coefficient (Wildman–Crippen LogP) is -0.235. The first kappa shape index (κ1) is 13.4. The molecule has 0 saturated heterocycles. The molecule has 2 N–H and O–H groups in total. The molecule has 16 heavy (non-hydrogen) atoms. The number of methoxy groups -OCH3 is 1. The predicted molar refractivity (Wildman–Crippen MR) is 61.3 cm³/mol. The zero-order valence-electron chi connectivity index (χ0n) is 9.96. The van der Waals surface area contributed by atoms with Crippen molar-refractivity contribution < 1.29 is 14.3 Å². The van der Waals surface area contributed by atoms with E-state index in [1.165, 1.54) is 12.8 Å². The monoisotopic (exact) mass is 230 g/mol. The lowest BCUT2D eigenvalue weighted by Gasteiger charge is -2.06. The summed E-state index contributed by atoms with van der Waals surface area (Å²) in [5.41, 5.74) is 0. The summed E-state index contributed by atoms with van der Waals surface area (Å²) in [5.74, 6) is 0.848. The summed E-state index contributed by atoms with van der Waals surface area (Å²) in [4.78, 5) is 11.3. The SMILES string of the molecule is COCCOCCNC(=O)CNCC1CC1. The summed E-state index contributed by atoms with van der Waals surface area (Å²) in [6, 6.07) is 0. The average molecular weight is 230 g/mol. The molecular weight excluding hydrogens is 208 g/mol. The maximum absolute atomic E-state index is 11.3. The molecule has 1 aliphatic carbocycles. The molecular formula is C11H22N2O3. The molecule has 0 aromatic heterocycles. The molecule has 5 heteroatoms. The lowest BCUT2D eigenvalue weighted by atomic mass is 10.4. The van der Waals surface area contributed by atoms with Crippen LogP contribution in [0.1, 0.15) is 12.8 Å². The van der Waals surface area contributed by atoms with E-state index in [4.69, 9.17) is 9.47 Å². The maximum atomic E-state index is 11.3. The molecule has 5 nitrogen and oxygen atoms in total. The minimum atomic E-state index is 0.0380. The standard InChI is InChI=1S/C11H22N2O3/c1-15-6-7-16-5-4-13-11(14)9-12-8-10-2-3-10/h10,12H,2-9H2,1H3,(H,13,14). The van der Waals surface area contributed by atoms with Crippen LogP contribution in [0.2, 0.25) is 0 Å². The first-order chi connectivity index (χ1) is 7.83. The minimum Gasteiger partial charge on any atom is -0.382 e. The Labute approximate surface area is 96.9 Å². The Kier molecular flexibility index (Phi) is 7.12.